The van der Waals surface area contributed by atoms with E-state index in [1.165, 1.54) is 0 Å². The number of hydrogen-bond donors (Lipinski definition) is 2. The second-order valence-electron chi connectivity index (χ2n) is 8.01. The number of benzene rings is 1. The molecule has 6 heteroatoms. The highest BCUT2D eigenvalue weighted by Crippen LogP contribution is 2.42. The van der Waals surface area contributed by atoms with E-state index in [0.29, 0.717) is 29.6 Å². The number of carboxylic acid groups (broad SMARTS) is 1. The fourth-order valence-electron chi connectivity index (χ4n) is 4.49. The zero-order valence-electron chi connectivity index (χ0n) is 15.3. The highest BCUT2D eigenvalue weighted by atomic mass is 16.6. The molecule has 1 aliphatic heterocycles. The summed E-state index contributed by atoms with van der Waals surface area (Å²) in [5.41, 5.74) is -1.05. The van der Waals surface area contributed by atoms with Crippen LogP contribution in [0.3, 0.4) is 0 Å². The Morgan fingerprint density at radius 2 is 1.85 bits per heavy atom. The first-order valence-corrected chi connectivity index (χ1v) is 9.38. The van der Waals surface area contributed by atoms with Gasteiger partial charge in [-0.3, -0.25) is 0 Å². The van der Waals surface area contributed by atoms with Crippen LogP contribution in [0.25, 0.3) is 0 Å². The maximum absolute atomic E-state index is 13.0. The molecule has 3 rings (SSSR count). The number of aliphatic carboxylic acids is 1. The molecule has 2 aliphatic rings. The number of hydrogen-bond acceptors (Lipinski definition) is 4. The molecule has 0 amide bonds. The number of likely N-dealkylation sites (tertiary alicyclic amines) is 1. The van der Waals surface area contributed by atoms with E-state index < -0.39 is 17.5 Å². The molecule has 1 heterocycles. The molecule has 1 unspecified atom stereocenters. The Kier molecular flexibility index (Phi) is 5.34. The van der Waals surface area contributed by atoms with Gasteiger partial charge in [-0.25, -0.2) is 9.59 Å². The lowest BCUT2D eigenvalue weighted by molar-refractivity contribution is -0.891. The Morgan fingerprint density at radius 1 is 1.19 bits per heavy atom. The highest BCUT2D eigenvalue weighted by Gasteiger charge is 2.49. The first-order chi connectivity index (χ1) is 12.3. The molecule has 3 atom stereocenters. The zero-order chi connectivity index (χ0) is 18.8. The van der Waals surface area contributed by atoms with Crippen molar-refractivity contribution in [1.29, 1.82) is 0 Å². The van der Waals surface area contributed by atoms with E-state index in [4.69, 9.17) is 9.84 Å². The van der Waals surface area contributed by atoms with Gasteiger partial charge in [0.25, 0.3) is 0 Å². The van der Waals surface area contributed by atoms with E-state index in [9.17, 15) is 14.7 Å². The van der Waals surface area contributed by atoms with Gasteiger partial charge < -0.3 is 19.4 Å². The maximum Gasteiger partial charge on any atom is 0.359 e. The van der Waals surface area contributed by atoms with E-state index in [0.717, 1.165) is 25.7 Å². The summed E-state index contributed by atoms with van der Waals surface area (Å²) in [6, 6.07) is 9.05. The van der Waals surface area contributed by atoms with E-state index in [2.05, 4.69) is 0 Å². The highest BCUT2D eigenvalue weighted by molar-refractivity contribution is 5.81. The van der Waals surface area contributed by atoms with E-state index in [1.807, 2.05) is 25.2 Å². The second-order valence-corrected chi connectivity index (χ2v) is 8.01. The standard InChI is InChI=1S/C20H27NO5/c1-21(14-18(22)23)12-11-17(13-21)26-19(24)20(25,16-9-5-6-10-16)15-7-3-2-4-8-15/h2-4,7-8,16-17,25H,5-6,9-14H2,1H3/p+1/t17-,20+,21?/m0/s1. The number of carboxylic acids is 1. The van der Waals surface area contributed by atoms with Crippen molar-refractivity contribution in [1.82, 2.24) is 0 Å². The molecule has 26 heavy (non-hydrogen) atoms. The van der Waals surface area contributed by atoms with E-state index in [-0.39, 0.29) is 18.6 Å². The number of likely N-dealkylation sites (N-methyl/N-ethyl adjacent to an activating group) is 1. The number of nitrogens with zero attached hydrogens (tertiary/aromatic N) is 1. The lowest BCUT2D eigenvalue weighted by Crippen LogP contribution is -2.48. The van der Waals surface area contributed by atoms with Crippen molar-refractivity contribution in [2.75, 3.05) is 26.7 Å². The van der Waals surface area contributed by atoms with Gasteiger partial charge in [0.15, 0.2) is 18.2 Å². The number of ether oxygens (including phenoxy) is 1. The first-order valence-electron chi connectivity index (χ1n) is 9.38. The summed E-state index contributed by atoms with van der Waals surface area (Å²) in [4.78, 5) is 24.1. The summed E-state index contributed by atoms with van der Waals surface area (Å²) in [5, 5.41) is 20.5. The SMILES string of the molecule is C[N+]1(CC(=O)O)CC[C@H](OC(=O)[C@@](O)(c2ccccc2)C2CCCC2)C1. The van der Waals surface area contributed by atoms with Gasteiger partial charge in [0.05, 0.1) is 13.6 Å². The third-order valence-corrected chi connectivity index (χ3v) is 5.90. The molecular weight excluding hydrogens is 334 g/mol. The minimum Gasteiger partial charge on any atom is -0.477 e. The summed E-state index contributed by atoms with van der Waals surface area (Å²) in [6.07, 6.45) is 3.87. The fraction of sp³-hybridized carbons (Fsp3) is 0.600. The van der Waals surface area contributed by atoms with Crippen LogP contribution in [0.2, 0.25) is 0 Å². The molecule has 1 aliphatic carbocycles. The van der Waals surface area contributed by atoms with Gasteiger partial charge in [-0.1, -0.05) is 43.2 Å². The molecule has 0 radical (unpaired) electrons. The van der Waals surface area contributed by atoms with Gasteiger partial charge in [-0.15, -0.1) is 0 Å². The molecule has 142 valence electrons. The third-order valence-electron chi connectivity index (χ3n) is 5.90. The summed E-state index contributed by atoms with van der Waals surface area (Å²) in [7, 11) is 1.86. The van der Waals surface area contributed by atoms with Crippen LogP contribution in [0.1, 0.15) is 37.7 Å². The Morgan fingerprint density at radius 3 is 2.46 bits per heavy atom. The van der Waals surface area contributed by atoms with Gasteiger partial charge >= 0.3 is 11.9 Å². The average Bonchev–Trinajstić information content (AvgIpc) is 3.25. The van der Waals surface area contributed by atoms with Gasteiger partial charge in [0, 0.05) is 12.3 Å². The van der Waals surface area contributed by atoms with Crippen LogP contribution < -0.4 is 0 Å². The van der Waals surface area contributed by atoms with Crippen molar-refractivity contribution < 1.29 is 29.0 Å². The normalized spacial score (nSPS) is 28.6. The van der Waals surface area contributed by atoms with Crippen LogP contribution in [0.4, 0.5) is 0 Å². The first kappa shape index (κ1) is 18.9. The Bertz CT molecular complexity index is 657. The predicted octanol–water partition coefficient (Wildman–Crippen LogP) is 1.91. The van der Waals surface area contributed by atoms with E-state index in [1.54, 1.807) is 12.1 Å². The Balaban J connectivity index is 1.76. The van der Waals surface area contributed by atoms with Crippen LogP contribution in [-0.4, -0.2) is 59.4 Å². The summed E-state index contributed by atoms with van der Waals surface area (Å²) >= 11 is 0. The molecule has 2 N–H and O–H groups in total. The number of esters is 1. The molecule has 0 spiro atoms. The fourth-order valence-corrected chi connectivity index (χ4v) is 4.49. The smallest absolute Gasteiger partial charge is 0.359 e. The van der Waals surface area contributed by atoms with Crippen molar-refractivity contribution in [3.8, 4) is 0 Å². The van der Waals surface area contributed by atoms with Crippen LogP contribution in [0.15, 0.2) is 30.3 Å². The monoisotopic (exact) mass is 362 g/mol. The van der Waals surface area contributed by atoms with Crippen molar-refractivity contribution in [3.05, 3.63) is 35.9 Å². The van der Waals surface area contributed by atoms with Crippen LogP contribution in [0, 0.1) is 5.92 Å². The van der Waals surface area contributed by atoms with E-state index >= 15 is 0 Å². The predicted molar refractivity (Wildman–Crippen MR) is 95.2 cm³/mol. The lowest BCUT2D eigenvalue weighted by atomic mass is 9.80. The van der Waals surface area contributed by atoms with Crippen molar-refractivity contribution in [2.24, 2.45) is 5.92 Å². The maximum atomic E-state index is 13.0. The third kappa shape index (κ3) is 3.76. The zero-order valence-corrected chi connectivity index (χ0v) is 15.3. The minimum absolute atomic E-state index is 0.0135. The van der Waals surface area contributed by atoms with Gasteiger partial charge in [-0.05, 0) is 18.4 Å². The van der Waals surface area contributed by atoms with Gasteiger partial charge in [0.2, 0.25) is 0 Å². The number of quaternary nitrogens is 1. The van der Waals surface area contributed by atoms with Crippen molar-refractivity contribution >= 4 is 11.9 Å². The van der Waals surface area contributed by atoms with Crippen LogP contribution in [0.5, 0.6) is 0 Å². The Hall–Kier alpha value is -1.92. The molecule has 1 saturated carbocycles. The van der Waals surface area contributed by atoms with Crippen LogP contribution >= 0.6 is 0 Å². The molecular formula is C20H28NO5+. The topological polar surface area (TPSA) is 83.8 Å². The summed E-state index contributed by atoms with van der Waals surface area (Å²) < 4.78 is 6.07. The largest absolute Gasteiger partial charge is 0.477 e. The van der Waals surface area contributed by atoms with Crippen molar-refractivity contribution in [3.63, 3.8) is 0 Å². The lowest BCUT2D eigenvalue weighted by Gasteiger charge is -2.33. The summed E-state index contributed by atoms with van der Waals surface area (Å²) in [5.74, 6) is -1.59. The molecule has 0 bridgehead atoms. The number of carbonyl (C=O) groups is 2. The number of rotatable bonds is 6. The van der Waals surface area contributed by atoms with Crippen molar-refractivity contribution in [2.45, 2.75) is 43.8 Å². The summed E-state index contributed by atoms with van der Waals surface area (Å²) in [6.45, 7) is 1.13. The molecule has 0 aromatic heterocycles. The van der Waals surface area contributed by atoms with Crippen LogP contribution in [-0.2, 0) is 19.9 Å². The molecule has 1 aromatic rings. The molecule has 2 fully saturated rings. The second kappa shape index (κ2) is 7.37. The Labute approximate surface area is 154 Å². The molecule has 6 nitrogen and oxygen atoms in total. The number of carbonyl (C=O) groups excluding carboxylic acids is 1. The quantitative estimate of drug-likeness (QED) is 0.597. The average molecular weight is 362 g/mol. The minimum atomic E-state index is -1.63. The molecule has 1 saturated heterocycles. The van der Waals surface area contributed by atoms with Gasteiger partial charge in [-0.2, -0.15) is 0 Å². The molecule has 1 aromatic carbocycles. The van der Waals surface area contributed by atoms with Gasteiger partial charge in [0.1, 0.15) is 6.54 Å². The number of aliphatic hydroxyl groups is 1.